The van der Waals surface area contributed by atoms with E-state index in [0.717, 1.165) is 0 Å². The van der Waals surface area contributed by atoms with E-state index in [2.05, 4.69) is 0 Å². The maximum atomic E-state index is 11.9. The lowest BCUT2D eigenvalue weighted by molar-refractivity contribution is -0.137. The number of rotatable bonds is 4. The molecule has 0 radical (unpaired) electrons. The Hall–Kier alpha value is -0.580. The van der Waals surface area contributed by atoms with Gasteiger partial charge in [-0.2, -0.15) is 13.2 Å². The van der Waals surface area contributed by atoms with E-state index in [9.17, 15) is 18.0 Å². The first-order chi connectivity index (χ1) is 6.92. The van der Waals surface area contributed by atoms with Gasteiger partial charge >= 0.3 is 6.18 Å². The predicted octanol–water partition coefficient (Wildman–Crippen LogP) is 2.24. The Morgan fingerprint density at radius 2 is 2.13 bits per heavy atom. The fourth-order valence-electron chi connectivity index (χ4n) is 1.87. The number of ketones is 1. The summed E-state index contributed by atoms with van der Waals surface area (Å²) in [5.41, 5.74) is 0. The van der Waals surface area contributed by atoms with E-state index in [0.29, 0.717) is 25.9 Å². The Bertz CT molecular complexity index is 227. The van der Waals surface area contributed by atoms with Crippen molar-refractivity contribution in [1.29, 1.82) is 0 Å². The van der Waals surface area contributed by atoms with Crippen molar-refractivity contribution in [2.24, 2.45) is 5.92 Å². The number of hydrogen-bond acceptors (Lipinski definition) is 2. The highest BCUT2D eigenvalue weighted by Crippen LogP contribution is 2.23. The van der Waals surface area contributed by atoms with Gasteiger partial charge in [0.05, 0.1) is 6.42 Å². The van der Waals surface area contributed by atoms with E-state index < -0.39 is 12.6 Å². The van der Waals surface area contributed by atoms with Crippen molar-refractivity contribution in [3.63, 3.8) is 0 Å². The molecular weight excluding hydrogens is 207 g/mol. The second-order valence-electron chi connectivity index (χ2n) is 3.97. The zero-order valence-electron chi connectivity index (χ0n) is 8.81. The molecule has 0 bridgehead atoms. The molecule has 0 spiro atoms. The smallest absolute Gasteiger partial charge is 0.302 e. The van der Waals surface area contributed by atoms with Crippen LogP contribution in [0.1, 0.15) is 26.2 Å². The van der Waals surface area contributed by atoms with E-state index in [-0.39, 0.29) is 18.2 Å². The lowest BCUT2D eigenvalue weighted by atomic mass is 10.0. The Labute approximate surface area is 87.4 Å². The highest BCUT2D eigenvalue weighted by atomic mass is 19.4. The summed E-state index contributed by atoms with van der Waals surface area (Å²) in [7, 11) is 0. The van der Waals surface area contributed by atoms with Crippen LogP contribution in [0.15, 0.2) is 0 Å². The molecular formula is C10H16F3NO. The van der Waals surface area contributed by atoms with Crippen LogP contribution in [0, 0.1) is 5.92 Å². The van der Waals surface area contributed by atoms with Crippen molar-refractivity contribution in [3.05, 3.63) is 0 Å². The molecule has 1 heterocycles. The second-order valence-corrected chi connectivity index (χ2v) is 3.97. The SMILES string of the molecule is CCC(=O)C1CCN(CCC(F)(F)F)C1. The normalized spacial score (nSPS) is 23.3. The maximum Gasteiger partial charge on any atom is 0.390 e. The summed E-state index contributed by atoms with van der Waals surface area (Å²) >= 11 is 0. The number of carbonyl (C=O) groups is 1. The minimum atomic E-state index is -4.09. The van der Waals surface area contributed by atoms with E-state index in [1.54, 1.807) is 11.8 Å². The Morgan fingerprint density at radius 3 is 2.67 bits per heavy atom. The Morgan fingerprint density at radius 1 is 1.47 bits per heavy atom. The Kier molecular flexibility index (Phi) is 4.13. The zero-order valence-corrected chi connectivity index (χ0v) is 8.81. The number of halogens is 3. The lowest BCUT2D eigenvalue weighted by Crippen LogP contribution is -2.27. The minimum Gasteiger partial charge on any atom is -0.302 e. The van der Waals surface area contributed by atoms with E-state index in [1.165, 1.54) is 0 Å². The first-order valence-electron chi connectivity index (χ1n) is 5.24. The third-order valence-electron chi connectivity index (χ3n) is 2.79. The highest BCUT2D eigenvalue weighted by Gasteiger charge is 2.31. The van der Waals surface area contributed by atoms with Crippen molar-refractivity contribution in [2.45, 2.75) is 32.4 Å². The molecule has 0 amide bonds. The molecule has 0 saturated carbocycles. The molecule has 88 valence electrons. The van der Waals surface area contributed by atoms with Gasteiger partial charge in [-0.1, -0.05) is 6.92 Å². The first kappa shape index (κ1) is 12.5. The monoisotopic (exact) mass is 223 g/mol. The van der Waals surface area contributed by atoms with Crippen molar-refractivity contribution in [3.8, 4) is 0 Å². The van der Waals surface area contributed by atoms with Crippen LogP contribution in [0.2, 0.25) is 0 Å². The number of alkyl halides is 3. The quantitative estimate of drug-likeness (QED) is 0.728. The molecule has 1 fully saturated rings. The number of nitrogens with zero attached hydrogens (tertiary/aromatic N) is 1. The van der Waals surface area contributed by atoms with Crippen LogP contribution in [0.5, 0.6) is 0 Å². The maximum absolute atomic E-state index is 11.9. The third-order valence-corrected chi connectivity index (χ3v) is 2.79. The Balaban J connectivity index is 2.28. The zero-order chi connectivity index (χ0) is 11.5. The van der Waals surface area contributed by atoms with Crippen LogP contribution in [0.25, 0.3) is 0 Å². The summed E-state index contributed by atoms with van der Waals surface area (Å²) < 4.78 is 35.8. The van der Waals surface area contributed by atoms with Crippen LogP contribution >= 0.6 is 0 Å². The standard InChI is InChI=1S/C10H16F3NO/c1-2-9(15)8-3-5-14(7-8)6-4-10(11,12)13/h8H,2-7H2,1H3. The fraction of sp³-hybridized carbons (Fsp3) is 0.900. The van der Waals surface area contributed by atoms with Crippen LogP contribution < -0.4 is 0 Å². The van der Waals surface area contributed by atoms with Gasteiger partial charge in [0.1, 0.15) is 5.78 Å². The molecule has 2 nitrogen and oxygen atoms in total. The van der Waals surface area contributed by atoms with Gasteiger partial charge in [0.15, 0.2) is 0 Å². The minimum absolute atomic E-state index is 0.0248. The molecule has 1 aliphatic rings. The summed E-state index contributed by atoms with van der Waals surface area (Å²) in [6.07, 6.45) is -3.67. The van der Waals surface area contributed by atoms with Gasteiger partial charge in [0, 0.05) is 25.4 Å². The van der Waals surface area contributed by atoms with Crippen LogP contribution in [-0.2, 0) is 4.79 Å². The van der Waals surface area contributed by atoms with Gasteiger partial charge in [0.25, 0.3) is 0 Å². The van der Waals surface area contributed by atoms with E-state index in [4.69, 9.17) is 0 Å². The van der Waals surface area contributed by atoms with E-state index >= 15 is 0 Å². The van der Waals surface area contributed by atoms with Crippen molar-refractivity contribution in [2.75, 3.05) is 19.6 Å². The third kappa shape index (κ3) is 4.20. The van der Waals surface area contributed by atoms with Crippen LogP contribution in [-0.4, -0.2) is 36.5 Å². The number of Topliss-reactive ketones (excluding diaryl/α,β-unsaturated/α-hetero) is 1. The first-order valence-corrected chi connectivity index (χ1v) is 5.24. The van der Waals surface area contributed by atoms with E-state index in [1.807, 2.05) is 0 Å². The van der Waals surface area contributed by atoms with Gasteiger partial charge in [-0.25, -0.2) is 0 Å². The summed E-state index contributed by atoms with van der Waals surface area (Å²) in [4.78, 5) is 13.0. The molecule has 0 aromatic carbocycles. The molecule has 1 rings (SSSR count). The number of likely N-dealkylation sites (tertiary alicyclic amines) is 1. The molecule has 1 saturated heterocycles. The van der Waals surface area contributed by atoms with Crippen molar-refractivity contribution >= 4 is 5.78 Å². The molecule has 0 aliphatic carbocycles. The molecule has 5 heteroatoms. The summed E-state index contributed by atoms with van der Waals surface area (Å²) in [5, 5.41) is 0. The largest absolute Gasteiger partial charge is 0.390 e. The molecule has 1 aliphatic heterocycles. The average Bonchev–Trinajstić information content (AvgIpc) is 2.61. The number of carbonyl (C=O) groups excluding carboxylic acids is 1. The van der Waals surface area contributed by atoms with Gasteiger partial charge < -0.3 is 4.90 Å². The van der Waals surface area contributed by atoms with Crippen LogP contribution in [0.3, 0.4) is 0 Å². The second kappa shape index (κ2) is 4.96. The van der Waals surface area contributed by atoms with Gasteiger partial charge in [-0.05, 0) is 13.0 Å². The molecule has 15 heavy (non-hydrogen) atoms. The fourth-order valence-corrected chi connectivity index (χ4v) is 1.87. The summed E-state index contributed by atoms with van der Waals surface area (Å²) in [6, 6.07) is 0. The van der Waals surface area contributed by atoms with Gasteiger partial charge in [0.2, 0.25) is 0 Å². The molecule has 1 atom stereocenters. The topological polar surface area (TPSA) is 20.3 Å². The van der Waals surface area contributed by atoms with Gasteiger partial charge in [-0.15, -0.1) is 0 Å². The van der Waals surface area contributed by atoms with Crippen molar-refractivity contribution < 1.29 is 18.0 Å². The van der Waals surface area contributed by atoms with Crippen molar-refractivity contribution in [1.82, 2.24) is 4.90 Å². The molecule has 1 unspecified atom stereocenters. The van der Waals surface area contributed by atoms with Gasteiger partial charge in [-0.3, -0.25) is 4.79 Å². The average molecular weight is 223 g/mol. The molecule has 0 aromatic rings. The highest BCUT2D eigenvalue weighted by molar-refractivity contribution is 5.81. The predicted molar refractivity (Wildman–Crippen MR) is 50.5 cm³/mol. The summed E-state index contributed by atoms with van der Waals surface area (Å²) in [5.74, 6) is 0.132. The molecule has 0 N–H and O–H groups in total. The number of hydrogen-bond donors (Lipinski definition) is 0. The molecule has 0 aromatic heterocycles. The summed E-state index contributed by atoms with van der Waals surface area (Å²) in [6.45, 7) is 2.94. The lowest BCUT2D eigenvalue weighted by Gasteiger charge is -2.16. The van der Waals surface area contributed by atoms with Crippen LogP contribution in [0.4, 0.5) is 13.2 Å².